The summed E-state index contributed by atoms with van der Waals surface area (Å²) in [4.78, 5) is 15.0. The summed E-state index contributed by atoms with van der Waals surface area (Å²) < 4.78 is 0. The Hall–Kier alpha value is -1.39. The number of nitrogens with zero attached hydrogens (tertiary/aromatic N) is 1. The van der Waals surface area contributed by atoms with Crippen molar-refractivity contribution in [2.24, 2.45) is 5.92 Å². The summed E-state index contributed by atoms with van der Waals surface area (Å²) in [7, 11) is 2.16. The van der Waals surface area contributed by atoms with Crippen LogP contribution in [-0.2, 0) is 10.2 Å². The molecule has 1 aromatic rings. The topological polar surface area (TPSA) is 52.6 Å². The maximum absolute atomic E-state index is 12.6. The largest absolute Gasteiger partial charge is 0.393 e. The monoisotopic (exact) mass is 330 g/mol. The van der Waals surface area contributed by atoms with Crippen LogP contribution in [0.4, 0.5) is 0 Å². The average Bonchev–Trinajstić information content (AvgIpc) is 2.62. The Bertz CT molecular complexity index is 538. The summed E-state index contributed by atoms with van der Waals surface area (Å²) in [6.07, 6.45) is 5.15. The molecule has 0 bridgehead atoms. The smallest absolute Gasteiger partial charge is 0.223 e. The predicted octanol–water partition coefficient (Wildman–Crippen LogP) is 2.32. The number of rotatable bonds is 4. The Morgan fingerprint density at radius 1 is 1.25 bits per heavy atom. The third kappa shape index (κ3) is 3.98. The molecule has 1 amide bonds. The summed E-state index contributed by atoms with van der Waals surface area (Å²) in [5.41, 5.74) is 1.37. The van der Waals surface area contributed by atoms with E-state index in [1.165, 1.54) is 5.56 Å². The van der Waals surface area contributed by atoms with Gasteiger partial charge in [-0.3, -0.25) is 4.79 Å². The van der Waals surface area contributed by atoms with Gasteiger partial charge in [0.05, 0.1) is 6.10 Å². The van der Waals surface area contributed by atoms with Crippen LogP contribution in [0, 0.1) is 5.92 Å². The van der Waals surface area contributed by atoms with Crippen molar-refractivity contribution >= 4 is 5.91 Å². The molecule has 1 aliphatic heterocycles. The van der Waals surface area contributed by atoms with E-state index in [-0.39, 0.29) is 23.3 Å². The van der Waals surface area contributed by atoms with Crippen LogP contribution in [0.3, 0.4) is 0 Å². The van der Waals surface area contributed by atoms with Gasteiger partial charge in [0.1, 0.15) is 0 Å². The fourth-order valence-corrected chi connectivity index (χ4v) is 4.21. The number of hydrogen-bond donors (Lipinski definition) is 2. The minimum atomic E-state index is -0.305. The molecule has 4 heteroatoms. The van der Waals surface area contributed by atoms with E-state index in [9.17, 15) is 9.90 Å². The summed E-state index contributed by atoms with van der Waals surface area (Å²) in [5.74, 6) is 0.107. The van der Waals surface area contributed by atoms with E-state index < -0.39 is 0 Å². The summed E-state index contributed by atoms with van der Waals surface area (Å²) in [6.45, 7) is 2.83. The van der Waals surface area contributed by atoms with Gasteiger partial charge in [0, 0.05) is 17.9 Å². The van der Waals surface area contributed by atoms with E-state index in [0.717, 1.165) is 45.2 Å². The van der Waals surface area contributed by atoms with Gasteiger partial charge in [-0.1, -0.05) is 36.8 Å². The molecule has 3 rings (SSSR count). The van der Waals surface area contributed by atoms with Gasteiger partial charge < -0.3 is 15.3 Å². The van der Waals surface area contributed by atoms with Crippen LogP contribution < -0.4 is 5.32 Å². The molecule has 1 heterocycles. The van der Waals surface area contributed by atoms with Gasteiger partial charge in [-0.05, 0) is 57.8 Å². The van der Waals surface area contributed by atoms with Gasteiger partial charge in [-0.15, -0.1) is 0 Å². The minimum Gasteiger partial charge on any atom is -0.393 e. The van der Waals surface area contributed by atoms with Crippen LogP contribution in [0.1, 0.15) is 44.1 Å². The highest BCUT2D eigenvalue weighted by atomic mass is 16.3. The maximum Gasteiger partial charge on any atom is 0.223 e. The van der Waals surface area contributed by atoms with Gasteiger partial charge in [0.15, 0.2) is 0 Å². The number of piperidine rings is 1. The number of aliphatic hydroxyl groups is 1. The summed E-state index contributed by atoms with van der Waals surface area (Å²) >= 11 is 0. The van der Waals surface area contributed by atoms with E-state index >= 15 is 0 Å². The number of carbonyl (C=O) groups excluding carboxylic acids is 1. The van der Waals surface area contributed by atoms with Crippen LogP contribution in [0.15, 0.2) is 30.3 Å². The number of likely N-dealkylation sites (tertiary alicyclic amines) is 1. The molecule has 2 fully saturated rings. The molecule has 24 heavy (non-hydrogen) atoms. The second-order valence-electron chi connectivity index (χ2n) is 7.68. The number of nitrogens with one attached hydrogen (secondary N) is 1. The molecule has 0 spiro atoms. The third-order valence-corrected chi connectivity index (χ3v) is 5.95. The van der Waals surface area contributed by atoms with Gasteiger partial charge >= 0.3 is 0 Å². The number of amides is 1. The van der Waals surface area contributed by atoms with Crippen LogP contribution in [0.25, 0.3) is 0 Å². The van der Waals surface area contributed by atoms with E-state index in [1.54, 1.807) is 0 Å². The fraction of sp³-hybridized carbons (Fsp3) is 0.650. The Labute approximate surface area is 145 Å². The van der Waals surface area contributed by atoms with Crippen molar-refractivity contribution in [3.05, 3.63) is 35.9 Å². The zero-order valence-electron chi connectivity index (χ0n) is 14.7. The molecular formula is C20H30N2O2. The molecule has 1 saturated carbocycles. The SMILES string of the molecule is CN1CCC(CNC(=O)[C@H]2CCC[C@H](O)C2)(c2ccccc2)CC1. The Morgan fingerprint density at radius 3 is 2.62 bits per heavy atom. The molecular weight excluding hydrogens is 300 g/mol. The van der Waals surface area contributed by atoms with Crippen LogP contribution in [0.5, 0.6) is 0 Å². The molecule has 1 aliphatic carbocycles. The van der Waals surface area contributed by atoms with E-state index in [2.05, 4.69) is 41.5 Å². The van der Waals surface area contributed by atoms with E-state index in [4.69, 9.17) is 0 Å². The normalized spacial score (nSPS) is 27.6. The van der Waals surface area contributed by atoms with Crippen molar-refractivity contribution in [2.75, 3.05) is 26.7 Å². The van der Waals surface area contributed by atoms with Gasteiger partial charge in [0.2, 0.25) is 5.91 Å². The highest BCUT2D eigenvalue weighted by Gasteiger charge is 2.36. The number of carbonyl (C=O) groups is 1. The van der Waals surface area contributed by atoms with Gasteiger partial charge in [0.25, 0.3) is 0 Å². The minimum absolute atomic E-state index is 0.0205. The van der Waals surface area contributed by atoms with Gasteiger partial charge in [-0.2, -0.15) is 0 Å². The van der Waals surface area contributed by atoms with Crippen LogP contribution >= 0.6 is 0 Å². The molecule has 2 aliphatic rings. The summed E-state index contributed by atoms with van der Waals surface area (Å²) in [6, 6.07) is 10.6. The zero-order valence-corrected chi connectivity index (χ0v) is 14.7. The Kier molecular flexibility index (Phi) is 5.57. The van der Waals surface area contributed by atoms with Gasteiger partial charge in [-0.25, -0.2) is 0 Å². The molecule has 0 unspecified atom stereocenters. The fourth-order valence-electron chi connectivity index (χ4n) is 4.21. The first-order valence-electron chi connectivity index (χ1n) is 9.29. The predicted molar refractivity (Wildman–Crippen MR) is 95.8 cm³/mol. The molecule has 1 saturated heterocycles. The molecule has 2 N–H and O–H groups in total. The lowest BCUT2D eigenvalue weighted by atomic mass is 9.72. The van der Waals surface area contributed by atoms with E-state index in [1.807, 2.05) is 6.07 Å². The van der Waals surface area contributed by atoms with Crippen molar-refractivity contribution in [3.63, 3.8) is 0 Å². The van der Waals surface area contributed by atoms with Crippen molar-refractivity contribution in [1.29, 1.82) is 0 Å². The lowest BCUT2D eigenvalue weighted by Crippen LogP contribution is -2.49. The maximum atomic E-state index is 12.6. The average molecular weight is 330 g/mol. The van der Waals surface area contributed by atoms with Crippen LogP contribution in [0.2, 0.25) is 0 Å². The highest BCUT2D eigenvalue weighted by Crippen LogP contribution is 2.35. The first-order chi connectivity index (χ1) is 11.6. The molecule has 1 aromatic carbocycles. The number of aliphatic hydroxyl groups excluding tert-OH is 1. The molecule has 2 atom stereocenters. The standard InChI is InChI=1S/C20H30N2O2/c1-22-12-10-20(11-13-22,17-7-3-2-4-8-17)15-21-19(24)16-6-5-9-18(23)14-16/h2-4,7-8,16,18,23H,5-6,9-15H2,1H3,(H,21,24)/t16-,18-/m0/s1. The van der Waals surface area contributed by atoms with Crippen molar-refractivity contribution in [1.82, 2.24) is 10.2 Å². The first-order valence-corrected chi connectivity index (χ1v) is 9.29. The van der Waals surface area contributed by atoms with Crippen molar-refractivity contribution in [2.45, 2.75) is 50.0 Å². The number of benzene rings is 1. The van der Waals surface area contributed by atoms with E-state index in [0.29, 0.717) is 13.0 Å². The third-order valence-electron chi connectivity index (χ3n) is 5.95. The first kappa shape index (κ1) is 17.4. The Balaban J connectivity index is 1.67. The summed E-state index contributed by atoms with van der Waals surface area (Å²) in [5, 5.41) is 13.0. The lowest BCUT2D eigenvalue weighted by Gasteiger charge is -2.41. The van der Waals surface area contributed by atoms with Crippen LogP contribution in [-0.4, -0.2) is 48.7 Å². The van der Waals surface area contributed by atoms with Crippen molar-refractivity contribution < 1.29 is 9.90 Å². The Morgan fingerprint density at radius 2 is 1.96 bits per heavy atom. The van der Waals surface area contributed by atoms with Crippen molar-refractivity contribution in [3.8, 4) is 0 Å². The molecule has 132 valence electrons. The second kappa shape index (κ2) is 7.66. The molecule has 0 radical (unpaired) electrons. The quantitative estimate of drug-likeness (QED) is 0.891. The lowest BCUT2D eigenvalue weighted by molar-refractivity contribution is -0.127. The number of hydrogen-bond acceptors (Lipinski definition) is 3. The highest BCUT2D eigenvalue weighted by molar-refractivity contribution is 5.78. The molecule has 4 nitrogen and oxygen atoms in total. The zero-order chi connectivity index (χ0) is 17.0. The molecule has 0 aromatic heterocycles. The second-order valence-corrected chi connectivity index (χ2v) is 7.68.